The van der Waals surface area contributed by atoms with Gasteiger partial charge in [0.2, 0.25) is 0 Å². The van der Waals surface area contributed by atoms with Gasteiger partial charge in [-0.05, 0) is 25.1 Å². The first-order valence-corrected chi connectivity index (χ1v) is 7.08. The van der Waals surface area contributed by atoms with Crippen LogP contribution in [0.4, 0.5) is 5.69 Å². The maximum atomic E-state index is 6.20. The second kappa shape index (κ2) is 5.63. The van der Waals surface area contributed by atoms with Crippen LogP contribution in [0.3, 0.4) is 0 Å². The monoisotopic (exact) mass is 289 g/mol. The summed E-state index contributed by atoms with van der Waals surface area (Å²) in [5, 5.41) is 3.98. The summed E-state index contributed by atoms with van der Waals surface area (Å²) in [5.41, 5.74) is 1.97. The van der Waals surface area contributed by atoms with Gasteiger partial charge >= 0.3 is 0 Å². The van der Waals surface area contributed by atoms with Gasteiger partial charge in [-0.3, -0.25) is 0 Å². The summed E-state index contributed by atoms with van der Waals surface area (Å²) in [6.07, 6.45) is -0.106. The second-order valence-corrected chi connectivity index (χ2v) is 4.98. The van der Waals surface area contributed by atoms with Crippen LogP contribution in [0.5, 0.6) is 11.5 Å². The molecule has 1 heterocycles. The van der Waals surface area contributed by atoms with Crippen LogP contribution in [0.15, 0.2) is 42.5 Å². The maximum absolute atomic E-state index is 6.20. The largest absolute Gasteiger partial charge is 0.493 e. The molecule has 1 unspecified atom stereocenters. The molecule has 3 rings (SSSR count). The number of benzene rings is 2. The molecule has 20 heavy (non-hydrogen) atoms. The predicted molar refractivity (Wildman–Crippen MR) is 80.9 cm³/mol. The highest BCUT2D eigenvalue weighted by molar-refractivity contribution is 6.32. The fraction of sp³-hybridized carbons (Fsp3) is 0.250. The Labute approximate surface area is 123 Å². The first-order valence-electron chi connectivity index (χ1n) is 6.70. The van der Waals surface area contributed by atoms with Gasteiger partial charge in [0.25, 0.3) is 0 Å². The van der Waals surface area contributed by atoms with Crippen LogP contribution in [-0.4, -0.2) is 13.2 Å². The van der Waals surface area contributed by atoms with Gasteiger partial charge in [-0.2, -0.15) is 0 Å². The maximum Gasteiger partial charge on any atom is 0.162 e. The lowest BCUT2D eigenvalue weighted by atomic mass is 10.1. The van der Waals surface area contributed by atoms with Gasteiger partial charge in [0.1, 0.15) is 11.9 Å². The highest BCUT2D eigenvalue weighted by Gasteiger charge is 2.25. The summed E-state index contributed by atoms with van der Waals surface area (Å²) in [4.78, 5) is 0. The molecule has 2 aromatic rings. The molecule has 0 radical (unpaired) electrons. The number of halogens is 1. The third-order valence-corrected chi connectivity index (χ3v) is 3.57. The minimum Gasteiger partial charge on any atom is -0.493 e. The summed E-state index contributed by atoms with van der Waals surface area (Å²) in [6, 6.07) is 13.6. The molecule has 0 fully saturated rings. The fourth-order valence-corrected chi connectivity index (χ4v) is 2.58. The van der Waals surface area contributed by atoms with E-state index in [1.54, 1.807) is 0 Å². The smallest absolute Gasteiger partial charge is 0.162 e. The van der Waals surface area contributed by atoms with E-state index in [4.69, 9.17) is 21.1 Å². The van der Waals surface area contributed by atoms with E-state index in [0.717, 1.165) is 17.0 Å². The molecule has 0 saturated carbocycles. The molecule has 0 aromatic heterocycles. The lowest BCUT2D eigenvalue weighted by Crippen LogP contribution is -2.24. The van der Waals surface area contributed by atoms with Gasteiger partial charge in [-0.25, -0.2) is 0 Å². The summed E-state index contributed by atoms with van der Waals surface area (Å²) in [7, 11) is 0. The van der Waals surface area contributed by atoms with Crippen molar-refractivity contribution in [2.75, 3.05) is 18.5 Å². The fourth-order valence-electron chi connectivity index (χ4n) is 2.36. The quantitative estimate of drug-likeness (QED) is 0.914. The number of hydrogen-bond donors (Lipinski definition) is 1. The molecule has 2 aromatic carbocycles. The van der Waals surface area contributed by atoms with Crippen LogP contribution in [0.25, 0.3) is 0 Å². The number of para-hydroxylation sites is 2. The molecule has 1 aliphatic rings. The standard InChI is InChI=1S/C16H16ClNO2/c1-2-19-14-9-4-3-6-11(14)15-10-18-13-8-5-7-12(17)16(13)20-15/h3-9,15,18H,2,10H2,1H3. The average Bonchev–Trinajstić information content (AvgIpc) is 2.48. The summed E-state index contributed by atoms with van der Waals surface area (Å²) >= 11 is 6.20. The number of rotatable bonds is 3. The van der Waals surface area contributed by atoms with Crippen LogP contribution in [0.2, 0.25) is 5.02 Å². The topological polar surface area (TPSA) is 30.5 Å². The van der Waals surface area contributed by atoms with E-state index in [1.807, 2.05) is 49.4 Å². The van der Waals surface area contributed by atoms with Crippen LogP contribution in [-0.2, 0) is 0 Å². The van der Waals surface area contributed by atoms with Crippen molar-refractivity contribution in [3.8, 4) is 11.5 Å². The molecule has 1 N–H and O–H groups in total. The molecule has 1 atom stereocenters. The summed E-state index contributed by atoms with van der Waals surface area (Å²) in [6.45, 7) is 3.30. The van der Waals surface area contributed by atoms with Crippen molar-refractivity contribution in [1.82, 2.24) is 0 Å². The molecule has 0 aliphatic carbocycles. The number of hydrogen-bond acceptors (Lipinski definition) is 3. The third-order valence-electron chi connectivity index (χ3n) is 3.27. The lowest BCUT2D eigenvalue weighted by Gasteiger charge is -2.29. The van der Waals surface area contributed by atoms with Gasteiger partial charge in [-0.1, -0.05) is 35.9 Å². The molecular weight excluding hydrogens is 274 g/mol. The SMILES string of the molecule is CCOc1ccccc1C1CNc2cccc(Cl)c2O1. The van der Waals surface area contributed by atoms with Crippen molar-refractivity contribution in [3.05, 3.63) is 53.1 Å². The van der Waals surface area contributed by atoms with Crippen LogP contribution >= 0.6 is 11.6 Å². The average molecular weight is 290 g/mol. The van der Waals surface area contributed by atoms with E-state index in [-0.39, 0.29) is 6.10 Å². The Hall–Kier alpha value is -1.87. The van der Waals surface area contributed by atoms with Gasteiger partial charge in [-0.15, -0.1) is 0 Å². The van der Waals surface area contributed by atoms with E-state index in [0.29, 0.717) is 23.9 Å². The minimum absolute atomic E-state index is 0.106. The first-order chi connectivity index (χ1) is 9.79. The molecule has 0 saturated heterocycles. The highest BCUT2D eigenvalue weighted by Crippen LogP contribution is 2.41. The Kier molecular flexibility index (Phi) is 3.70. The van der Waals surface area contributed by atoms with E-state index in [9.17, 15) is 0 Å². The van der Waals surface area contributed by atoms with Gasteiger partial charge in [0.15, 0.2) is 5.75 Å². The molecular formula is C16H16ClNO2. The Morgan fingerprint density at radius 3 is 2.95 bits per heavy atom. The van der Waals surface area contributed by atoms with Crippen molar-refractivity contribution in [2.24, 2.45) is 0 Å². The van der Waals surface area contributed by atoms with E-state index < -0.39 is 0 Å². The van der Waals surface area contributed by atoms with Crippen LogP contribution < -0.4 is 14.8 Å². The van der Waals surface area contributed by atoms with Gasteiger partial charge in [0.05, 0.1) is 23.9 Å². The molecule has 0 amide bonds. The van der Waals surface area contributed by atoms with Gasteiger partial charge < -0.3 is 14.8 Å². The summed E-state index contributed by atoms with van der Waals surface area (Å²) < 4.78 is 11.7. The summed E-state index contributed by atoms with van der Waals surface area (Å²) in [5.74, 6) is 1.56. The Morgan fingerprint density at radius 1 is 1.25 bits per heavy atom. The van der Waals surface area contributed by atoms with Crippen LogP contribution in [0.1, 0.15) is 18.6 Å². The number of fused-ring (bicyclic) bond motifs is 1. The minimum atomic E-state index is -0.106. The Bertz CT molecular complexity index is 615. The number of anilines is 1. The van der Waals surface area contributed by atoms with Crippen molar-refractivity contribution in [3.63, 3.8) is 0 Å². The van der Waals surface area contributed by atoms with E-state index >= 15 is 0 Å². The third kappa shape index (κ3) is 2.41. The van der Waals surface area contributed by atoms with Gasteiger partial charge in [0, 0.05) is 5.56 Å². The molecule has 1 aliphatic heterocycles. The molecule has 0 bridgehead atoms. The Morgan fingerprint density at radius 2 is 2.10 bits per heavy atom. The molecule has 0 spiro atoms. The zero-order chi connectivity index (χ0) is 13.9. The molecule has 3 nitrogen and oxygen atoms in total. The zero-order valence-corrected chi connectivity index (χ0v) is 12.0. The van der Waals surface area contributed by atoms with Crippen molar-refractivity contribution in [1.29, 1.82) is 0 Å². The lowest BCUT2D eigenvalue weighted by molar-refractivity contribution is 0.203. The molecule has 104 valence electrons. The second-order valence-electron chi connectivity index (χ2n) is 4.57. The van der Waals surface area contributed by atoms with Crippen LogP contribution in [0, 0.1) is 0 Å². The first kappa shape index (κ1) is 13.1. The number of ether oxygens (including phenoxy) is 2. The van der Waals surface area contributed by atoms with Crippen molar-refractivity contribution < 1.29 is 9.47 Å². The van der Waals surface area contributed by atoms with Crippen molar-refractivity contribution >= 4 is 17.3 Å². The Balaban J connectivity index is 1.92. The van der Waals surface area contributed by atoms with Crippen molar-refractivity contribution in [2.45, 2.75) is 13.0 Å². The normalized spacial score (nSPS) is 16.8. The molecule has 4 heteroatoms. The predicted octanol–water partition coefficient (Wildman–Crippen LogP) is 4.28. The van der Waals surface area contributed by atoms with E-state index in [2.05, 4.69) is 5.32 Å². The number of nitrogens with one attached hydrogen (secondary N) is 1. The highest BCUT2D eigenvalue weighted by atomic mass is 35.5. The van der Waals surface area contributed by atoms with E-state index in [1.165, 1.54) is 0 Å². The zero-order valence-electron chi connectivity index (χ0n) is 11.2.